The lowest BCUT2D eigenvalue weighted by atomic mass is 9.95. The molecule has 186 valence electrons. The van der Waals surface area contributed by atoms with Crippen molar-refractivity contribution in [3.63, 3.8) is 0 Å². The third-order valence-corrected chi connectivity index (χ3v) is 6.53. The van der Waals surface area contributed by atoms with E-state index < -0.39 is 17.7 Å². The van der Waals surface area contributed by atoms with E-state index in [0.717, 1.165) is 12.0 Å². The standard InChI is InChI=1S/C30H30ClNO4/c1-20(2)16-18-36-25-10-6-9-23(19-25)27-26(28(33)22-11-13-24(31)14-12-22)29(34)30(35)32(27)17-15-21-7-4-3-5-8-21/h3-14,19-20,27,33H,15-18H2,1-2H3/b28-26+. The highest BCUT2D eigenvalue weighted by Gasteiger charge is 2.45. The van der Waals surface area contributed by atoms with Crippen LogP contribution in [0, 0.1) is 5.92 Å². The third kappa shape index (κ3) is 5.80. The van der Waals surface area contributed by atoms with Crippen molar-refractivity contribution in [1.82, 2.24) is 4.90 Å². The Hall–Kier alpha value is -3.57. The molecular weight excluding hydrogens is 474 g/mol. The molecule has 0 aliphatic carbocycles. The second-order valence-electron chi connectivity index (χ2n) is 9.34. The Bertz CT molecular complexity index is 1250. The second-order valence-corrected chi connectivity index (χ2v) is 9.77. The summed E-state index contributed by atoms with van der Waals surface area (Å²) in [6.45, 7) is 5.17. The van der Waals surface area contributed by atoms with Gasteiger partial charge in [-0.25, -0.2) is 0 Å². The van der Waals surface area contributed by atoms with Crippen molar-refractivity contribution in [3.05, 3.63) is 106 Å². The molecule has 1 atom stereocenters. The molecule has 1 amide bonds. The van der Waals surface area contributed by atoms with Gasteiger partial charge in [-0.2, -0.15) is 0 Å². The molecule has 1 fully saturated rings. The van der Waals surface area contributed by atoms with Gasteiger partial charge < -0.3 is 14.7 Å². The highest BCUT2D eigenvalue weighted by Crippen LogP contribution is 2.40. The fourth-order valence-corrected chi connectivity index (χ4v) is 4.43. The summed E-state index contributed by atoms with van der Waals surface area (Å²) in [7, 11) is 0. The molecule has 1 heterocycles. The summed E-state index contributed by atoms with van der Waals surface area (Å²) < 4.78 is 5.95. The molecule has 3 aromatic rings. The van der Waals surface area contributed by atoms with E-state index >= 15 is 0 Å². The number of carbonyl (C=O) groups is 2. The van der Waals surface area contributed by atoms with Crippen LogP contribution in [0.4, 0.5) is 0 Å². The van der Waals surface area contributed by atoms with Crippen molar-refractivity contribution >= 4 is 29.1 Å². The number of halogens is 1. The van der Waals surface area contributed by atoms with Crippen LogP contribution in [0.15, 0.2) is 84.4 Å². The fraction of sp³-hybridized carbons (Fsp3) is 0.267. The van der Waals surface area contributed by atoms with Crippen LogP contribution in [0.1, 0.15) is 43.0 Å². The number of hydrogen-bond acceptors (Lipinski definition) is 4. The van der Waals surface area contributed by atoms with Gasteiger partial charge in [0, 0.05) is 17.1 Å². The predicted molar refractivity (Wildman–Crippen MR) is 142 cm³/mol. The molecule has 5 nitrogen and oxygen atoms in total. The summed E-state index contributed by atoms with van der Waals surface area (Å²) in [5.41, 5.74) is 2.26. The van der Waals surface area contributed by atoms with Gasteiger partial charge in [-0.05, 0) is 66.3 Å². The molecule has 6 heteroatoms. The quantitative estimate of drug-likeness (QED) is 0.207. The van der Waals surface area contributed by atoms with Crippen LogP contribution in [0.5, 0.6) is 5.75 Å². The van der Waals surface area contributed by atoms with E-state index in [1.165, 1.54) is 0 Å². The van der Waals surface area contributed by atoms with E-state index in [1.807, 2.05) is 54.6 Å². The number of nitrogens with zero attached hydrogens (tertiary/aromatic N) is 1. The van der Waals surface area contributed by atoms with E-state index in [2.05, 4.69) is 13.8 Å². The average molecular weight is 504 g/mol. The summed E-state index contributed by atoms with van der Waals surface area (Å²) in [5.74, 6) is -0.376. The highest BCUT2D eigenvalue weighted by molar-refractivity contribution is 6.46. The van der Waals surface area contributed by atoms with Gasteiger partial charge in [0.25, 0.3) is 11.7 Å². The minimum Gasteiger partial charge on any atom is -0.507 e. The first-order chi connectivity index (χ1) is 17.3. The molecule has 4 rings (SSSR count). The predicted octanol–water partition coefficient (Wildman–Crippen LogP) is 6.43. The Morgan fingerprint density at radius 2 is 1.72 bits per heavy atom. The molecule has 1 aliphatic rings. The van der Waals surface area contributed by atoms with Crippen molar-refractivity contribution < 1.29 is 19.4 Å². The van der Waals surface area contributed by atoms with Crippen LogP contribution in [-0.4, -0.2) is 34.8 Å². The van der Waals surface area contributed by atoms with Crippen molar-refractivity contribution in [3.8, 4) is 5.75 Å². The maximum Gasteiger partial charge on any atom is 0.295 e. The summed E-state index contributed by atoms with van der Waals surface area (Å²) >= 11 is 6.01. The van der Waals surface area contributed by atoms with Gasteiger partial charge in [-0.1, -0.05) is 67.9 Å². The molecule has 1 unspecified atom stereocenters. The Kier molecular flexibility index (Phi) is 8.11. The van der Waals surface area contributed by atoms with Crippen molar-refractivity contribution in [2.45, 2.75) is 32.7 Å². The summed E-state index contributed by atoms with van der Waals surface area (Å²) in [6.07, 6.45) is 1.49. The van der Waals surface area contributed by atoms with Gasteiger partial charge >= 0.3 is 0 Å². The molecular formula is C30H30ClNO4. The second kappa shape index (κ2) is 11.4. The number of rotatable bonds is 9. The number of hydrogen-bond donors (Lipinski definition) is 1. The number of benzene rings is 3. The Labute approximate surface area is 217 Å². The van der Waals surface area contributed by atoms with E-state index in [9.17, 15) is 14.7 Å². The highest BCUT2D eigenvalue weighted by atomic mass is 35.5. The normalized spacial score (nSPS) is 17.1. The minimum absolute atomic E-state index is 0.0646. The van der Waals surface area contributed by atoms with Gasteiger partial charge in [-0.15, -0.1) is 0 Å². The first-order valence-corrected chi connectivity index (χ1v) is 12.5. The van der Waals surface area contributed by atoms with Gasteiger partial charge in [0.05, 0.1) is 18.2 Å². The SMILES string of the molecule is CC(C)CCOc1cccc(C2/C(=C(\O)c3ccc(Cl)cc3)C(=O)C(=O)N2CCc2ccccc2)c1. The summed E-state index contributed by atoms with van der Waals surface area (Å²) in [5, 5.41) is 11.7. The lowest BCUT2D eigenvalue weighted by molar-refractivity contribution is -0.139. The van der Waals surface area contributed by atoms with E-state index in [-0.39, 0.29) is 11.3 Å². The lowest BCUT2D eigenvalue weighted by Crippen LogP contribution is -2.31. The van der Waals surface area contributed by atoms with Crippen molar-refractivity contribution in [2.24, 2.45) is 5.92 Å². The fourth-order valence-electron chi connectivity index (χ4n) is 4.30. The van der Waals surface area contributed by atoms with Crippen molar-refractivity contribution in [2.75, 3.05) is 13.2 Å². The number of amides is 1. The first kappa shape index (κ1) is 25.5. The van der Waals surface area contributed by atoms with E-state index in [0.29, 0.717) is 47.4 Å². The van der Waals surface area contributed by atoms with Gasteiger partial charge in [-0.3, -0.25) is 9.59 Å². The topological polar surface area (TPSA) is 66.8 Å². The molecule has 0 saturated carbocycles. The van der Waals surface area contributed by atoms with E-state index in [1.54, 1.807) is 29.2 Å². The zero-order chi connectivity index (χ0) is 25.7. The zero-order valence-corrected chi connectivity index (χ0v) is 21.2. The maximum atomic E-state index is 13.3. The largest absolute Gasteiger partial charge is 0.507 e. The Morgan fingerprint density at radius 1 is 1.00 bits per heavy atom. The van der Waals surface area contributed by atoms with Crippen LogP contribution in [-0.2, 0) is 16.0 Å². The number of likely N-dealkylation sites (tertiary alicyclic amines) is 1. The molecule has 3 aromatic carbocycles. The van der Waals surface area contributed by atoms with Crippen LogP contribution in [0.2, 0.25) is 5.02 Å². The van der Waals surface area contributed by atoms with Crippen LogP contribution in [0.25, 0.3) is 5.76 Å². The number of carbonyl (C=O) groups excluding carboxylic acids is 2. The van der Waals surface area contributed by atoms with Gasteiger partial charge in [0.2, 0.25) is 0 Å². The monoisotopic (exact) mass is 503 g/mol. The molecule has 0 spiro atoms. The minimum atomic E-state index is -0.738. The summed E-state index contributed by atoms with van der Waals surface area (Å²) in [4.78, 5) is 28.0. The molecule has 0 bridgehead atoms. The first-order valence-electron chi connectivity index (χ1n) is 12.2. The third-order valence-electron chi connectivity index (χ3n) is 6.28. The Balaban J connectivity index is 1.73. The number of aliphatic hydroxyl groups is 1. The van der Waals surface area contributed by atoms with E-state index in [4.69, 9.17) is 16.3 Å². The summed E-state index contributed by atoms with van der Waals surface area (Å²) in [6, 6.07) is 23.0. The molecule has 1 saturated heterocycles. The van der Waals surface area contributed by atoms with Gasteiger partial charge in [0.1, 0.15) is 11.5 Å². The molecule has 0 aromatic heterocycles. The number of aliphatic hydroxyl groups excluding tert-OH is 1. The molecule has 1 N–H and O–H groups in total. The average Bonchev–Trinajstić information content (AvgIpc) is 3.13. The zero-order valence-electron chi connectivity index (χ0n) is 20.5. The van der Waals surface area contributed by atoms with Crippen LogP contribution >= 0.6 is 11.6 Å². The van der Waals surface area contributed by atoms with Crippen molar-refractivity contribution in [1.29, 1.82) is 0 Å². The maximum absolute atomic E-state index is 13.3. The molecule has 0 radical (unpaired) electrons. The Morgan fingerprint density at radius 3 is 2.42 bits per heavy atom. The van der Waals surface area contributed by atoms with Gasteiger partial charge in [0.15, 0.2) is 0 Å². The smallest absolute Gasteiger partial charge is 0.295 e. The molecule has 1 aliphatic heterocycles. The molecule has 36 heavy (non-hydrogen) atoms. The van der Waals surface area contributed by atoms with Crippen LogP contribution in [0.3, 0.4) is 0 Å². The number of ketones is 1. The lowest BCUT2D eigenvalue weighted by Gasteiger charge is -2.26. The number of Topliss-reactive ketones (excluding diaryl/α,β-unsaturated/α-hetero) is 1. The number of ether oxygens (including phenoxy) is 1. The van der Waals surface area contributed by atoms with Crippen LogP contribution < -0.4 is 4.74 Å².